The number of carbonyl (C=O) groups excluding carboxylic acids is 2. The van der Waals surface area contributed by atoms with Gasteiger partial charge in [-0.1, -0.05) is 12.1 Å². The standard InChI is InChI=1S/C40H36N2O8/c1-45-31-9-7-21-15-29-25-17-33(47-3)37(43)35(23(25)11-13-41(29)19-27(21)39(31)49-5)36-24-12-14-42-20-28-22(8-10-32(46-2)40(28)50-6)16-30(42)26(24)18-34(48-4)38(36)44/h7-10,15-20H,11-14H2,1-6H3. The summed E-state index contributed by atoms with van der Waals surface area (Å²) in [6.07, 6.45) is 12.9. The van der Waals surface area contributed by atoms with Gasteiger partial charge in [0.2, 0.25) is 11.6 Å². The van der Waals surface area contributed by atoms with Crippen molar-refractivity contribution in [2.45, 2.75) is 12.8 Å². The highest BCUT2D eigenvalue weighted by atomic mass is 16.5. The van der Waals surface area contributed by atoms with E-state index in [1.807, 2.05) is 24.3 Å². The van der Waals surface area contributed by atoms with Crippen LogP contribution >= 0.6 is 0 Å². The molecule has 0 aromatic heterocycles. The minimum absolute atomic E-state index is 0.174. The lowest BCUT2D eigenvalue weighted by Gasteiger charge is -2.38. The van der Waals surface area contributed by atoms with Gasteiger partial charge in [-0.3, -0.25) is 9.59 Å². The molecular weight excluding hydrogens is 636 g/mol. The number of benzene rings is 2. The van der Waals surface area contributed by atoms with Crippen LogP contribution in [0.25, 0.3) is 24.6 Å². The predicted octanol–water partition coefficient (Wildman–Crippen LogP) is 2.22. The van der Waals surface area contributed by atoms with E-state index in [1.165, 1.54) is 14.2 Å². The van der Waals surface area contributed by atoms with E-state index in [2.05, 4.69) is 34.4 Å². The first kappa shape index (κ1) is 31.4. The molecule has 2 aromatic carbocycles. The molecule has 0 unspecified atom stereocenters. The largest absolute Gasteiger partial charge is 0.493 e. The third kappa shape index (κ3) is 4.47. The van der Waals surface area contributed by atoms with Crippen molar-refractivity contribution in [3.05, 3.63) is 114 Å². The number of nitrogens with zero attached hydrogens (tertiary/aromatic N) is 2. The summed E-state index contributed by atoms with van der Waals surface area (Å²) in [5.74, 6) is 2.33. The van der Waals surface area contributed by atoms with E-state index in [9.17, 15) is 9.59 Å². The third-order valence-corrected chi connectivity index (χ3v) is 10.2. The highest BCUT2D eigenvalue weighted by Crippen LogP contribution is 2.45. The lowest BCUT2D eigenvalue weighted by Crippen LogP contribution is -2.40. The number of allylic oxidation sites excluding steroid dienone is 8. The summed E-state index contributed by atoms with van der Waals surface area (Å²) < 4.78 is 34.0. The normalized spacial score (nSPS) is 18.8. The minimum atomic E-state index is -0.312. The average molecular weight is 673 g/mol. The van der Waals surface area contributed by atoms with E-state index in [0.717, 1.165) is 54.6 Å². The summed E-state index contributed by atoms with van der Waals surface area (Å²) in [5, 5.41) is 3.73. The fourth-order valence-corrected chi connectivity index (χ4v) is 7.83. The molecule has 8 rings (SSSR count). The van der Waals surface area contributed by atoms with E-state index < -0.39 is 0 Å². The molecule has 0 fully saturated rings. The number of methoxy groups -OCH3 is 6. The number of Topliss-reactive ketones (excluding diaryl/α,β-unsaturated/α-hetero) is 2. The Morgan fingerprint density at radius 3 is 1.30 bits per heavy atom. The van der Waals surface area contributed by atoms with Crippen LogP contribution < -0.4 is 39.8 Å². The second-order valence-corrected chi connectivity index (χ2v) is 12.4. The number of carbonyl (C=O) groups is 2. The van der Waals surface area contributed by atoms with Gasteiger partial charge in [0.25, 0.3) is 0 Å². The Bertz CT molecular complexity index is 2220. The maximum atomic E-state index is 14.4. The van der Waals surface area contributed by atoms with E-state index >= 15 is 0 Å². The molecular formula is C40H36N2O8. The first-order valence-electron chi connectivity index (χ1n) is 16.3. The number of ketones is 2. The van der Waals surface area contributed by atoms with Gasteiger partial charge in [-0.2, -0.15) is 0 Å². The fraction of sp³-hybridized carbons (Fsp3) is 0.250. The predicted molar refractivity (Wildman–Crippen MR) is 186 cm³/mol. The molecule has 2 aromatic rings. The molecule has 4 aliphatic heterocycles. The molecule has 0 saturated carbocycles. The summed E-state index contributed by atoms with van der Waals surface area (Å²) in [5.41, 5.74) is 5.88. The van der Waals surface area contributed by atoms with Crippen molar-refractivity contribution in [2.75, 3.05) is 55.7 Å². The second kappa shape index (κ2) is 11.9. The zero-order valence-electron chi connectivity index (χ0n) is 28.8. The molecule has 0 N–H and O–H groups in total. The highest BCUT2D eigenvalue weighted by molar-refractivity contribution is 6.24. The molecule has 0 saturated heterocycles. The summed E-state index contributed by atoms with van der Waals surface area (Å²) in [4.78, 5) is 33.0. The van der Waals surface area contributed by atoms with Gasteiger partial charge in [0.05, 0.1) is 42.7 Å². The van der Waals surface area contributed by atoms with Crippen LogP contribution in [0, 0.1) is 0 Å². The summed E-state index contributed by atoms with van der Waals surface area (Å²) >= 11 is 0. The van der Waals surface area contributed by atoms with Crippen LogP contribution in [0.1, 0.15) is 12.8 Å². The van der Waals surface area contributed by atoms with Crippen LogP contribution in [-0.4, -0.2) is 77.1 Å². The SMILES string of the molecule is COC1=CC2=C3C=c4ccc(OC)c(OC)c4=CN3CCC2=C(C2=C3CCN4C=c5c(OC)c(OC)ccc5=CC4=C3C=C(OC)C2=O)C1=O. The van der Waals surface area contributed by atoms with Crippen LogP contribution in [0.5, 0.6) is 23.0 Å². The van der Waals surface area contributed by atoms with Crippen molar-refractivity contribution in [1.29, 1.82) is 0 Å². The Morgan fingerprint density at radius 2 is 0.940 bits per heavy atom. The van der Waals surface area contributed by atoms with Gasteiger partial charge >= 0.3 is 0 Å². The molecule has 0 bridgehead atoms. The number of hydrogen-bond donors (Lipinski definition) is 0. The summed E-state index contributed by atoms with van der Waals surface area (Å²) in [7, 11) is 9.48. The Hall–Kier alpha value is -5.90. The van der Waals surface area contributed by atoms with Crippen molar-refractivity contribution < 1.29 is 38.0 Å². The van der Waals surface area contributed by atoms with E-state index in [1.54, 1.807) is 40.6 Å². The van der Waals surface area contributed by atoms with Crippen LogP contribution in [-0.2, 0) is 19.1 Å². The van der Waals surface area contributed by atoms with Crippen LogP contribution in [0.4, 0.5) is 0 Å². The minimum Gasteiger partial charge on any atom is -0.493 e. The lowest BCUT2D eigenvalue weighted by molar-refractivity contribution is -0.118. The van der Waals surface area contributed by atoms with Crippen molar-refractivity contribution in [2.24, 2.45) is 0 Å². The van der Waals surface area contributed by atoms with Crippen LogP contribution in [0.2, 0.25) is 0 Å². The van der Waals surface area contributed by atoms with Gasteiger partial charge in [-0.25, -0.2) is 0 Å². The average Bonchev–Trinajstić information content (AvgIpc) is 3.15. The van der Waals surface area contributed by atoms with Gasteiger partial charge in [0.1, 0.15) is 0 Å². The molecule has 10 nitrogen and oxygen atoms in total. The van der Waals surface area contributed by atoms with Crippen molar-refractivity contribution in [1.82, 2.24) is 9.80 Å². The summed E-state index contributed by atoms with van der Waals surface area (Å²) in [6.45, 7) is 1.18. The lowest BCUT2D eigenvalue weighted by atomic mass is 9.74. The molecule has 0 amide bonds. The first-order valence-corrected chi connectivity index (χ1v) is 16.3. The number of hydrogen-bond acceptors (Lipinski definition) is 10. The zero-order valence-corrected chi connectivity index (χ0v) is 28.8. The second-order valence-electron chi connectivity index (χ2n) is 12.4. The van der Waals surface area contributed by atoms with Gasteiger partial charge in [-0.15, -0.1) is 0 Å². The fourth-order valence-electron chi connectivity index (χ4n) is 7.83. The van der Waals surface area contributed by atoms with Crippen molar-refractivity contribution in [3.63, 3.8) is 0 Å². The molecule has 0 radical (unpaired) electrons. The van der Waals surface area contributed by atoms with E-state index in [4.69, 9.17) is 28.4 Å². The van der Waals surface area contributed by atoms with Crippen LogP contribution in [0.15, 0.2) is 92.8 Å². The number of fused-ring (bicyclic) bond motifs is 6. The number of ether oxygens (including phenoxy) is 6. The Morgan fingerprint density at radius 1 is 0.520 bits per heavy atom. The molecule has 0 atom stereocenters. The molecule has 10 heteroatoms. The smallest absolute Gasteiger partial charge is 0.228 e. The Labute approximate surface area is 288 Å². The van der Waals surface area contributed by atoms with Crippen LogP contribution in [0.3, 0.4) is 0 Å². The monoisotopic (exact) mass is 672 g/mol. The zero-order chi connectivity index (χ0) is 34.8. The van der Waals surface area contributed by atoms with Gasteiger partial charge in [0, 0.05) is 69.6 Å². The molecule has 4 heterocycles. The molecule has 6 aliphatic rings. The first-order chi connectivity index (χ1) is 24.3. The van der Waals surface area contributed by atoms with Gasteiger partial charge in [-0.05, 0) is 70.9 Å². The topological polar surface area (TPSA) is 96.0 Å². The van der Waals surface area contributed by atoms with E-state index in [-0.39, 0.29) is 23.1 Å². The molecule has 254 valence electrons. The maximum absolute atomic E-state index is 14.4. The van der Waals surface area contributed by atoms with Gasteiger partial charge < -0.3 is 38.2 Å². The maximum Gasteiger partial charge on any atom is 0.228 e. The number of rotatable bonds is 7. The molecule has 0 spiro atoms. The highest BCUT2D eigenvalue weighted by Gasteiger charge is 2.41. The quantitative estimate of drug-likeness (QED) is 0.436. The molecule has 50 heavy (non-hydrogen) atoms. The third-order valence-electron chi connectivity index (χ3n) is 10.2. The Balaban J connectivity index is 1.37. The van der Waals surface area contributed by atoms with E-state index in [0.29, 0.717) is 60.1 Å². The van der Waals surface area contributed by atoms with Crippen molar-refractivity contribution >= 4 is 36.1 Å². The van der Waals surface area contributed by atoms with Gasteiger partial charge in [0.15, 0.2) is 34.5 Å². The Kier molecular flexibility index (Phi) is 7.47. The van der Waals surface area contributed by atoms with Crippen molar-refractivity contribution in [3.8, 4) is 23.0 Å². The summed E-state index contributed by atoms with van der Waals surface area (Å²) in [6, 6.07) is 7.74. The molecule has 2 aliphatic carbocycles.